The Balaban J connectivity index is 1.49. The number of para-hydroxylation sites is 1. The maximum atomic E-state index is 13.1. The standard InChI is InChI=1S/C21H22N4O2/c1-16-20(14-23-25(16)17-6-3-2-4-7-17)21(26)24-13-5-8-19(15-24)27-18-9-11-22-12-10-18/h2-4,6-7,9-12,14,19H,5,8,13,15H2,1H3. The Morgan fingerprint density at radius 1 is 1.15 bits per heavy atom. The Morgan fingerprint density at radius 3 is 2.70 bits per heavy atom. The van der Waals surface area contributed by atoms with E-state index in [-0.39, 0.29) is 12.0 Å². The molecule has 138 valence electrons. The summed E-state index contributed by atoms with van der Waals surface area (Å²) in [7, 11) is 0. The molecule has 1 aliphatic heterocycles. The molecule has 0 saturated carbocycles. The lowest BCUT2D eigenvalue weighted by Crippen LogP contribution is -2.44. The summed E-state index contributed by atoms with van der Waals surface area (Å²) in [6, 6.07) is 13.5. The van der Waals surface area contributed by atoms with Crippen molar-refractivity contribution in [1.82, 2.24) is 19.7 Å². The van der Waals surface area contributed by atoms with Gasteiger partial charge in [0, 0.05) is 18.9 Å². The number of pyridine rings is 1. The molecule has 0 bridgehead atoms. The number of carbonyl (C=O) groups excluding carboxylic acids is 1. The van der Waals surface area contributed by atoms with E-state index in [4.69, 9.17) is 4.74 Å². The molecular weight excluding hydrogens is 340 g/mol. The number of nitrogens with zero attached hydrogens (tertiary/aromatic N) is 4. The van der Waals surface area contributed by atoms with Gasteiger partial charge in [-0.2, -0.15) is 5.10 Å². The number of carbonyl (C=O) groups is 1. The molecule has 3 aromatic rings. The van der Waals surface area contributed by atoms with Crippen molar-refractivity contribution < 1.29 is 9.53 Å². The molecule has 1 amide bonds. The minimum absolute atomic E-state index is 0.00502. The number of hydrogen-bond donors (Lipinski definition) is 0. The fourth-order valence-electron chi connectivity index (χ4n) is 3.45. The van der Waals surface area contributed by atoms with Gasteiger partial charge in [-0.3, -0.25) is 9.78 Å². The number of piperidine rings is 1. The zero-order valence-electron chi connectivity index (χ0n) is 15.3. The number of hydrogen-bond acceptors (Lipinski definition) is 4. The Morgan fingerprint density at radius 2 is 1.93 bits per heavy atom. The first-order valence-electron chi connectivity index (χ1n) is 9.18. The van der Waals surface area contributed by atoms with Crippen LogP contribution < -0.4 is 4.74 Å². The van der Waals surface area contributed by atoms with E-state index >= 15 is 0 Å². The average Bonchev–Trinajstić information content (AvgIpc) is 3.10. The summed E-state index contributed by atoms with van der Waals surface area (Å²) in [6.45, 7) is 3.25. The van der Waals surface area contributed by atoms with Gasteiger partial charge in [0.1, 0.15) is 11.9 Å². The zero-order chi connectivity index (χ0) is 18.6. The molecule has 27 heavy (non-hydrogen) atoms. The first-order chi connectivity index (χ1) is 13.2. The van der Waals surface area contributed by atoms with E-state index in [1.54, 1.807) is 18.6 Å². The first kappa shape index (κ1) is 17.3. The number of ether oxygens (including phenoxy) is 1. The lowest BCUT2D eigenvalue weighted by molar-refractivity contribution is 0.0537. The predicted molar refractivity (Wildman–Crippen MR) is 102 cm³/mol. The Hall–Kier alpha value is -3.15. The second kappa shape index (κ2) is 7.61. The molecule has 1 aliphatic rings. The van der Waals surface area contributed by atoms with Crippen molar-refractivity contribution in [1.29, 1.82) is 0 Å². The van der Waals surface area contributed by atoms with Crippen molar-refractivity contribution in [2.45, 2.75) is 25.9 Å². The van der Waals surface area contributed by atoms with Gasteiger partial charge in [0.2, 0.25) is 0 Å². The van der Waals surface area contributed by atoms with Crippen molar-refractivity contribution in [3.05, 3.63) is 72.3 Å². The molecular formula is C21H22N4O2. The number of benzene rings is 1. The van der Waals surface area contributed by atoms with Crippen LogP contribution in [0.4, 0.5) is 0 Å². The highest BCUT2D eigenvalue weighted by molar-refractivity contribution is 5.95. The number of aromatic nitrogens is 3. The van der Waals surface area contributed by atoms with Crippen LogP contribution in [0.15, 0.2) is 61.1 Å². The third-order valence-electron chi connectivity index (χ3n) is 4.86. The monoisotopic (exact) mass is 362 g/mol. The minimum atomic E-state index is -0.00502. The van der Waals surface area contributed by atoms with Gasteiger partial charge >= 0.3 is 0 Å². The minimum Gasteiger partial charge on any atom is -0.488 e. The molecule has 4 rings (SSSR count). The smallest absolute Gasteiger partial charge is 0.257 e. The highest BCUT2D eigenvalue weighted by Crippen LogP contribution is 2.21. The van der Waals surface area contributed by atoms with Crippen LogP contribution in [-0.2, 0) is 0 Å². The third kappa shape index (κ3) is 3.69. The fraction of sp³-hybridized carbons (Fsp3) is 0.286. The molecule has 6 nitrogen and oxygen atoms in total. The molecule has 1 saturated heterocycles. The van der Waals surface area contributed by atoms with Crippen LogP contribution >= 0.6 is 0 Å². The molecule has 1 unspecified atom stereocenters. The van der Waals surface area contributed by atoms with Crippen molar-refractivity contribution in [3.63, 3.8) is 0 Å². The van der Waals surface area contributed by atoms with Crippen LogP contribution in [0.5, 0.6) is 5.75 Å². The predicted octanol–water partition coefficient (Wildman–Crippen LogP) is 3.26. The molecule has 6 heteroatoms. The summed E-state index contributed by atoms with van der Waals surface area (Å²) >= 11 is 0. The summed E-state index contributed by atoms with van der Waals surface area (Å²) in [4.78, 5) is 18.9. The SMILES string of the molecule is Cc1c(C(=O)N2CCCC(Oc3ccncc3)C2)cnn1-c1ccccc1. The van der Waals surface area contributed by atoms with Crippen molar-refractivity contribution in [2.75, 3.05) is 13.1 Å². The zero-order valence-corrected chi connectivity index (χ0v) is 15.3. The summed E-state index contributed by atoms with van der Waals surface area (Å²) < 4.78 is 7.83. The van der Waals surface area contributed by atoms with Gasteiger partial charge in [0.15, 0.2) is 0 Å². The van der Waals surface area contributed by atoms with Gasteiger partial charge in [0.25, 0.3) is 5.91 Å². The Labute approximate surface area is 158 Å². The molecule has 1 fully saturated rings. The molecule has 0 spiro atoms. The summed E-state index contributed by atoms with van der Waals surface area (Å²) in [5.41, 5.74) is 2.44. The van der Waals surface area contributed by atoms with Crippen molar-refractivity contribution in [2.24, 2.45) is 0 Å². The largest absolute Gasteiger partial charge is 0.488 e. The normalized spacial score (nSPS) is 16.9. The lowest BCUT2D eigenvalue weighted by Gasteiger charge is -2.32. The lowest BCUT2D eigenvalue weighted by atomic mass is 10.1. The van der Waals surface area contributed by atoms with E-state index in [1.165, 1.54) is 0 Å². The maximum absolute atomic E-state index is 13.1. The molecule has 0 N–H and O–H groups in total. The van der Waals surface area contributed by atoms with Crippen LogP contribution in [-0.4, -0.2) is 44.8 Å². The average molecular weight is 362 g/mol. The second-order valence-electron chi connectivity index (χ2n) is 6.71. The third-order valence-corrected chi connectivity index (χ3v) is 4.86. The first-order valence-corrected chi connectivity index (χ1v) is 9.18. The molecule has 2 aromatic heterocycles. The van der Waals surface area contributed by atoms with Crippen LogP contribution in [0, 0.1) is 6.92 Å². The van der Waals surface area contributed by atoms with Gasteiger partial charge in [-0.15, -0.1) is 0 Å². The van der Waals surface area contributed by atoms with E-state index in [0.29, 0.717) is 12.1 Å². The number of rotatable bonds is 4. The van der Waals surface area contributed by atoms with E-state index in [1.807, 2.05) is 59.0 Å². The Kier molecular flexibility index (Phi) is 4.87. The summed E-state index contributed by atoms with van der Waals surface area (Å²) in [5.74, 6) is 0.801. The second-order valence-corrected chi connectivity index (χ2v) is 6.71. The van der Waals surface area contributed by atoms with E-state index in [0.717, 1.165) is 36.5 Å². The van der Waals surface area contributed by atoms with Crippen LogP contribution in [0.1, 0.15) is 28.9 Å². The van der Waals surface area contributed by atoms with Gasteiger partial charge < -0.3 is 9.64 Å². The number of amides is 1. The number of likely N-dealkylation sites (tertiary alicyclic amines) is 1. The highest BCUT2D eigenvalue weighted by Gasteiger charge is 2.27. The van der Waals surface area contributed by atoms with Gasteiger partial charge in [-0.1, -0.05) is 18.2 Å². The molecule has 0 radical (unpaired) electrons. The Bertz CT molecular complexity index is 908. The van der Waals surface area contributed by atoms with Gasteiger partial charge in [0.05, 0.1) is 29.7 Å². The quantitative estimate of drug-likeness (QED) is 0.715. The fourth-order valence-corrected chi connectivity index (χ4v) is 3.45. The van der Waals surface area contributed by atoms with E-state index in [9.17, 15) is 4.79 Å². The van der Waals surface area contributed by atoms with E-state index < -0.39 is 0 Å². The molecule has 1 atom stereocenters. The van der Waals surface area contributed by atoms with Gasteiger partial charge in [-0.25, -0.2) is 4.68 Å². The molecule has 3 heterocycles. The summed E-state index contributed by atoms with van der Waals surface area (Å²) in [5, 5.41) is 4.42. The highest BCUT2D eigenvalue weighted by atomic mass is 16.5. The summed E-state index contributed by atoms with van der Waals surface area (Å²) in [6.07, 6.45) is 6.94. The van der Waals surface area contributed by atoms with Crippen molar-refractivity contribution in [3.8, 4) is 11.4 Å². The van der Waals surface area contributed by atoms with Crippen LogP contribution in [0.2, 0.25) is 0 Å². The van der Waals surface area contributed by atoms with Crippen LogP contribution in [0.25, 0.3) is 5.69 Å². The van der Waals surface area contributed by atoms with Crippen LogP contribution in [0.3, 0.4) is 0 Å². The topological polar surface area (TPSA) is 60.3 Å². The maximum Gasteiger partial charge on any atom is 0.257 e. The molecule has 1 aromatic carbocycles. The van der Waals surface area contributed by atoms with Gasteiger partial charge in [-0.05, 0) is 44.0 Å². The van der Waals surface area contributed by atoms with Crippen molar-refractivity contribution >= 4 is 5.91 Å². The molecule has 0 aliphatic carbocycles. The van der Waals surface area contributed by atoms with E-state index in [2.05, 4.69) is 10.1 Å².